The molecule has 0 aliphatic carbocycles. The molecule has 0 saturated heterocycles. The van der Waals surface area contributed by atoms with Crippen molar-refractivity contribution in [1.82, 2.24) is 0 Å². The number of benzene rings is 1. The van der Waals surface area contributed by atoms with Gasteiger partial charge in [-0.1, -0.05) is 0 Å². The molecular weight excluding hydrogens is 291 g/mol. The van der Waals surface area contributed by atoms with E-state index in [0.29, 0.717) is 11.1 Å². The van der Waals surface area contributed by atoms with E-state index in [2.05, 4.69) is 9.13 Å². The Bertz CT molecular complexity index is 533. The molecular formula is C13H16F3NO2S. The summed E-state index contributed by atoms with van der Waals surface area (Å²) in [6, 6.07) is 3.90. The Labute approximate surface area is 118 Å². The summed E-state index contributed by atoms with van der Waals surface area (Å²) < 4.78 is 55.2. The van der Waals surface area contributed by atoms with Gasteiger partial charge in [0.2, 0.25) is 0 Å². The largest absolute Gasteiger partial charge is 0.573 e. The van der Waals surface area contributed by atoms with Gasteiger partial charge in [0.1, 0.15) is 16.7 Å². The molecule has 0 aromatic heterocycles. The van der Waals surface area contributed by atoms with Crippen LogP contribution in [0.5, 0.6) is 5.75 Å². The number of rotatable bonds is 3. The van der Waals surface area contributed by atoms with Crippen LogP contribution in [0.4, 0.5) is 13.2 Å². The molecule has 0 unspecified atom stereocenters. The summed E-state index contributed by atoms with van der Waals surface area (Å²) in [5.74, 6) is -0.288. The lowest BCUT2D eigenvalue weighted by Crippen LogP contribution is -2.19. The van der Waals surface area contributed by atoms with Crippen LogP contribution in [-0.2, 0) is 11.0 Å². The standard InChI is InChI=1S/C13H16F3NO2S/c1-9-7-11(19-13(14,15)16)6-5-10(9)8-17-20(18)12(2,3)4/h5-8H,1-4H3/t20-/m0/s1. The molecule has 0 saturated carbocycles. The monoisotopic (exact) mass is 307 g/mol. The molecule has 0 amide bonds. The van der Waals surface area contributed by atoms with E-state index >= 15 is 0 Å². The number of ether oxygens (including phenoxy) is 1. The summed E-state index contributed by atoms with van der Waals surface area (Å²) in [5.41, 5.74) is 1.15. The van der Waals surface area contributed by atoms with Crippen LogP contribution in [0, 0.1) is 6.92 Å². The first kappa shape index (κ1) is 16.7. The second-order valence-electron chi connectivity index (χ2n) is 5.16. The fraction of sp³-hybridized carbons (Fsp3) is 0.462. The molecule has 0 spiro atoms. The average Bonchev–Trinajstić information content (AvgIpc) is 2.23. The number of hydrogen-bond acceptors (Lipinski definition) is 2. The lowest BCUT2D eigenvalue weighted by Gasteiger charge is -2.13. The van der Waals surface area contributed by atoms with E-state index in [0.717, 1.165) is 0 Å². The van der Waals surface area contributed by atoms with E-state index in [9.17, 15) is 17.4 Å². The highest BCUT2D eigenvalue weighted by molar-refractivity contribution is 7.85. The highest BCUT2D eigenvalue weighted by Gasteiger charge is 2.31. The molecule has 1 aromatic carbocycles. The molecule has 0 heterocycles. The van der Waals surface area contributed by atoms with Crippen molar-refractivity contribution in [3.63, 3.8) is 0 Å². The van der Waals surface area contributed by atoms with Crippen LogP contribution in [0.25, 0.3) is 0 Å². The second kappa shape index (κ2) is 5.95. The maximum absolute atomic E-state index is 12.1. The topological polar surface area (TPSA) is 38.7 Å². The van der Waals surface area contributed by atoms with Gasteiger partial charge in [-0.3, -0.25) is 0 Å². The van der Waals surface area contributed by atoms with E-state index in [-0.39, 0.29) is 5.75 Å². The minimum Gasteiger partial charge on any atom is -0.406 e. The Morgan fingerprint density at radius 3 is 2.30 bits per heavy atom. The highest BCUT2D eigenvalue weighted by Crippen LogP contribution is 2.24. The molecule has 112 valence electrons. The second-order valence-corrected chi connectivity index (χ2v) is 7.10. The van der Waals surface area contributed by atoms with Crippen molar-refractivity contribution in [2.24, 2.45) is 4.40 Å². The smallest absolute Gasteiger partial charge is 0.406 e. The van der Waals surface area contributed by atoms with E-state index in [4.69, 9.17) is 0 Å². The lowest BCUT2D eigenvalue weighted by atomic mass is 10.1. The zero-order chi connectivity index (χ0) is 15.6. The Kier molecular flexibility index (Phi) is 4.96. The van der Waals surface area contributed by atoms with Crippen LogP contribution in [0.15, 0.2) is 22.6 Å². The molecule has 1 rings (SSSR count). The zero-order valence-corrected chi connectivity index (χ0v) is 12.4. The van der Waals surface area contributed by atoms with Gasteiger partial charge in [0.25, 0.3) is 0 Å². The number of aryl methyl sites for hydroxylation is 1. The summed E-state index contributed by atoms with van der Waals surface area (Å²) in [6.07, 6.45) is -3.32. The molecule has 1 atom stereocenters. The van der Waals surface area contributed by atoms with Crippen molar-refractivity contribution in [2.75, 3.05) is 0 Å². The van der Waals surface area contributed by atoms with Crippen molar-refractivity contribution in [2.45, 2.75) is 38.8 Å². The average molecular weight is 307 g/mol. The van der Waals surface area contributed by atoms with Gasteiger partial charge in [-0.2, -0.15) is 4.40 Å². The summed E-state index contributed by atoms with van der Waals surface area (Å²) in [4.78, 5) is 0. The van der Waals surface area contributed by atoms with Crippen LogP contribution >= 0.6 is 0 Å². The summed E-state index contributed by atoms with van der Waals surface area (Å²) in [6.45, 7) is 6.99. The SMILES string of the molecule is Cc1cc(OC(F)(F)F)ccc1C=N[S@@](=O)C(C)(C)C. The van der Waals surface area contributed by atoms with Crippen molar-refractivity contribution in [3.05, 3.63) is 29.3 Å². The van der Waals surface area contributed by atoms with Gasteiger partial charge in [0.15, 0.2) is 0 Å². The van der Waals surface area contributed by atoms with Crippen molar-refractivity contribution >= 4 is 17.2 Å². The maximum Gasteiger partial charge on any atom is 0.573 e. The fourth-order valence-electron chi connectivity index (χ4n) is 1.25. The molecule has 3 nitrogen and oxygen atoms in total. The minimum atomic E-state index is -4.71. The number of hydrogen-bond donors (Lipinski definition) is 0. The molecule has 1 aromatic rings. The van der Waals surface area contributed by atoms with E-state index < -0.39 is 22.1 Å². The van der Waals surface area contributed by atoms with Gasteiger partial charge in [0.05, 0.1) is 4.75 Å². The quantitative estimate of drug-likeness (QED) is 0.797. The third kappa shape index (κ3) is 5.32. The third-order valence-corrected chi connectivity index (χ3v) is 3.63. The first-order valence-corrected chi connectivity index (χ1v) is 6.92. The van der Waals surface area contributed by atoms with Crippen molar-refractivity contribution in [3.8, 4) is 5.75 Å². The van der Waals surface area contributed by atoms with Crippen LogP contribution in [0.2, 0.25) is 0 Å². The number of halogens is 3. The lowest BCUT2D eigenvalue weighted by molar-refractivity contribution is -0.274. The molecule has 0 fully saturated rings. The Balaban J connectivity index is 2.89. The van der Waals surface area contributed by atoms with E-state index in [1.165, 1.54) is 24.4 Å². The first-order chi connectivity index (χ1) is 8.99. The molecule has 0 N–H and O–H groups in total. The molecule has 7 heteroatoms. The normalized spacial score (nSPS) is 14.6. The number of nitrogens with zero attached hydrogens (tertiary/aromatic N) is 1. The molecule has 0 aliphatic heterocycles. The predicted octanol–water partition coefficient (Wildman–Crippen LogP) is 3.77. The van der Waals surface area contributed by atoms with Crippen molar-refractivity contribution < 1.29 is 22.1 Å². The zero-order valence-electron chi connectivity index (χ0n) is 11.6. The molecule has 0 radical (unpaired) electrons. The number of alkyl halides is 3. The van der Waals surface area contributed by atoms with Gasteiger partial charge in [0, 0.05) is 6.21 Å². The van der Waals surface area contributed by atoms with Gasteiger partial charge < -0.3 is 4.74 Å². The molecule has 20 heavy (non-hydrogen) atoms. The van der Waals surface area contributed by atoms with Crippen molar-refractivity contribution in [1.29, 1.82) is 0 Å². The van der Waals surface area contributed by atoms with Gasteiger partial charge in [-0.25, -0.2) is 4.21 Å². The Morgan fingerprint density at radius 2 is 1.85 bits per heavy atom. The molecule has 0 bridgehead atoms. The summed E-state index contributed by atoms with van der Waals surface area (Å²) in [5, 5.41) is 0. The van der Waals surface area contributed by atoms with Gasteiger partial charge >= 0.3 is 6.36 Å². The molecule has 0 aliphatic rings. The fourth-order valence-corrected chi connectivity index (χ4v) is 1.78. The highest BCUT2D eigenvalue weighted by atomic mass is 32.2. The van der Waals surface area contributed by atoms with Crippen LogP contribution < -0.4 is 4.74 Å². The van der Waals surface area contributed by atoms with Crippen LogP contribution in [0.1, 0.15) is 31.9 Å². The maximum atomic E-state index is 12.1. The first-order valence-electron chi connectivity index (χ1n) is 5.81. The Hall–Kier alpha value is -1.37. The Morgan fingerprint density at radius 1 is 1.25 bits per heavy atom. The van der Waals surface area contributed by atoms with Gasteiger partial charge in [-0.05, 0) is 57.0 Å². The minimum absolute atomic E-state index is 0.288. The van der Waals surface area contributed by atoms with Crippen LogP contribution in [0.3, 0.4) is 0 Å². The van der Waals surface area contributed by atoms with E-state index in [1.54, 1.807) is 27.7 Å². The summed E-state index contributed by atoms with van der Waals surface area (Å²) in [7, 11) is -1.41. The van der Waals surface area contributed by atoms with Crippen LogP contribution in [-0.4, -0.2) is 21.5 Å². The summed E-state index contributed by atoms with van der Waals surface area (Å²) >= 11 is 0. The van der Waals surface area contributed by atoms with Gasteiger partial charge in [-0.15, -0.1) is 13.2 Å². The third-order valence-electron chi connectivity index (χ3n) is 2.29. The van der Waals surface area contributed by atoms with E-state index in [1.807, 2.05) is 0 Å². The predicted molar refractivity (Wildman–Crippen MR) is 73.4 cm³/mol.